The van der Waals surface area contributed by atoms with Gasteiger partial charge in [-0.1, -0.05) is 18.6 Å². The van der Waals surface area contributed by atoms with E-state index < -0.39 is 0 Å². The van der Waals surface area contributed by atoms with Crippen LogP contribution in [0.2, 0.25) is 0 Å². The largest absolute Gasteiger partial charge is 0.326 e. The second-order valence-corrected chi connectivity index (χ2v) is 5.75. The normalized spacial score (nSPS) is 19.0. The van der Waals surface area contributed by atoms with Gasteiger partial charge in [-0.05, 0) is 50.6 Å². The third-order valence-corrected chi connectivity index (χ3v) is 4.15. The maximum atomic E-state index is 12.0. The van der Waals surface area contributed by atoms with Crippen molar-refractivity contribution in [2.45, 2.75) is 44.6 Å². The highest BCUT2D eigenvalue weighted by Crippen LogP contribution is 2.19. The number of anilines is 1. The van der Waals surface area contributed by atoms with Crippen LogP contribution in [-0.4, -0.2) is 30.4 Å². The van der Waals surface area contributed by atoms with Crippen molar-refractivity contribution in [3.8, 4) is 6.07 Å². The smallest absolute Gasteiger partial charge is 0.224 e. The molecule has 1 aliphatic heterocycles. The van der Waals surface area contributed by atoms with E-state index in [1.807, 2.05) is 24.3 Å². The minimum absolute atomic E-state index is 0.0713. The first-order chi connectivity index (χ1) is 10.2. The summed E-state index contributed by atoms with van der Waals surface area (Å²) in [6, 6.07) is 10.1. The van der Waals surface area contributed by atoms with Crippen molar-refractivity contribution in [1.29, 1.82) is 5.26 Å². The summed E-state index contributed by atoms with van der Waals surface area (Å²) in [5.74, 6) is 0.0713. The molecule has 1 saturated heterocycles. The molecule has 0 saturated carbocycles. The number of amides is 1. The predicted octanol–water partition coefficient (Wildman–Crippen LogP) is 2.96. The molecule has 0 bridgehead atoms. The Balaban J connectivity index is 1.77. The highest BCUT2D eigenvalue weighted by molar-refractivity contribution is 5.90. The van der Waals surface area contributed by atoms with E-state index in [0.717, 1.165) is 24.2 Å². The Labute approximate surface area is 126 Å². The van der Waals surface area contributed by atoms with Gasteiger partial charge in [0.2, 0.25) is 5.91 Å². The van der Waals surface area contributed by atoms with Crippen LogP contribution in [-0.2, 0) is 11.2 Å². The minimum atomic E-state index is 0.0713. The SMILES string of the molecule is CN1CCCC[C@H]1CCC(=O)Nc1ccc(CC#N)cc1. The van der Waals surface area contributed by atoms with Crippen molar-refractivity contribution < 1.29 is 4.79 Å². The fourth-order valence-electron chi connectivity index (χ4n) is 2.83. The first-order valence-electron chi connectivity index (χ1n) is 7.65. The van der Waals surface area contributed by atoms with Gasteiger partial charge >= 0.3 is 0 Å². The van der Waals surface area contributed by atoms with Gasteiger partial charge in [-0.2, -0.15) is 5.26 Å². The van der Waals surface area contributed by atoms with Crippen LogP contribution >= 0.6 is 0 Å². The zero-order valence-electron chi connectivity index (χ0n) is 12.6. The molecular weight excluding hydrogens is 262 g/mol. The number of hydrogen-bond acceptors (Lipinski definition) is 3. The Morgan fingerprint density at radius 3 is 2.81 bits per heavy atom. The quantitative estimate of drug-likeness (QED) is 0.905. The summed E-state index contributed by atoms with van der Waals surface area (Å²) in [7, 11) is 2.15. The molecule has 2 rings (SSSR count). The summed E-state index contributed by atoms with van der Waals surface area (Å²) in [5, 5.41) is 11.6. The van der Waals surface area contributed by atoms with E-state index in [4.69, 9.17) is 5.26 Å². The van der Waals surface area contributed by atoms with Crippen LogP contribution in [0.15, 0.2) is 24.3 Å². The van der Waals surface area contributed by atoms with Gasteiger partial charge in [-0.3, -0.25) is 4.79 Å². The third-order valence-electron chi connectivity index (χ3n) is 4.15. The lowest BCUT2D eigenvalue weighted by molar-refractivity contribution is -0.116. The summed E-state index contributed by atoms with van der Waals surface area (Å²) < 4.78 is 0. The summed E-state index contributed by atoms with van der Waals surface area (Å²) in [6.07, 6.45) is 5.64. The van der Waals surface area contributed by atoms with Gasteiger partial charge in [0, 0.05) is 18.2 Å². The molecule has 1 aliphatic rings. The van der Waals surface area contributed by atoms with Gasteiger partial charge in [0.1, 0.15) is 0 Å². The molecule has 21 heavy (non-hydrogen) atoms. The Morgan fingerprint density at radius 1 is 1.38 bits per heavy atom. The third kappa shape index (κ3) is 4.87. The van der Waals surface area contributed by atoms with Crippen LogP contribution in [0.25, 0.3) is 0 Å². The first kappa shape index (κ1) is 15.5. The molecule has 1 fully saturated rings. The second kappa shape index (κ2) is 7.80. The van der Waals surface area contributed by atoms with Crippen LogP contribution in [0.5, 0.6) is 0 Å². The second-order valence-electron chi connectivity index (χ2n) is 5.75. The topological polar surface area (TPSA) is 56.1 Å². The molecule has 1 heterocycles. The molecular formula is C17H23N3O. The van der Waals surface area contributed by atoms with Crippen molar-refractivity contribution in [2.24, 2.45) is 0 Å². The number of rotatable bonds is 5. The Bertz CT molecular complexity index is 504. The minimum Gasteiger partial charge on any atom is -0.326 e. The number of nitrogens with one attached hydrogen (secondary N) is 1. The van der Waals surface area contributed by atoms with Gasteiger partial charge in [0.25, 0.3) is 0 Å². The zero-order chi connectivity index (χ0) is 15.1. The van der Waals surface area contributed by atoms with Gasteiger partial charge in [0.05, 0.1) is 12.5 Å². The van der Waals surface area contributed by atoms with E-state index in [-0.39, 0.29) is 5.91 Å². The molecule has 112 valence electrons. The van der Waals surface area contributed by atoms with E-state index in [1.165, 1.54) is 19.3 Å². The summed E-state index contributed by atoms with van der Waals surface area (Å²) in [5.41, 5.74) is 1.78. The molecule has 1 aromatic rings. The molecule has 0 aromatic heterocycles. The fraction of sp³-hybridized carbons (Fsp3) is 0.529. The maximum Gasteiger partial charge on any atom is 0.224 e. The average molecular weight is 285 g/mol. The van der Waals surface area contributed by atoms with E-state index in [9.17, 15) is 4.79 Å². The maximum absolute atomic E-state index is 12.0. The van der Waals surface area contributed by atoms with Gasteiger partial charge < -0.3 is 10.2 Å². The van der Waals surface area contributed by atoms with Crippen LogP contribution in [0.4, 0.5) is 5.69 Å². The molecule has 1 atom stereocenters. The van der Waals surface area contributed by atoms with E-state index >= 15 is 0 Å². The summed E-state index contributed by atoms with van der Waals surface area (Å²) >= 11 is 0. The fourth-order valence-corrected chi connectivity index (χ4v) is 2.83. The van der Waals surface area contributed by atoms with E-state index in [1.54, 1.807) is 0 Å². The highest BCUT2D eigenvalue weighted by Gasteiger charge is 2.19. The van der Waals surface area contributed by atoms with Gasteiger partial charge in [-0.25, -0.2) is 0 Å². The number of carbonyl (C=O) groups is 1. The lowest BCUT2D eigenvalue weighted by Crippen LogP contribution is -2.36. The van der Waals surface area contributed by atoms with Crippen LogP contribution < -0.4 is 5.32 Å². The predicted molar refractivity (Wildman–Crippen MR) is 83.9 cm³/mol. The van der Waals surface area contributed by atoms with Crippen molar-refractivity contribution in [2.75, 3.05) is 18.9 Å². The number of piperidine rings is 1. The lowest BCUT2D eigenvalue weighted by Gasteiger charge is -2.32. The molecule has 0 unspecified atom stereocenters. The van der Waals surface area contributed by atoms with Crippen LogP contribution in [0, 0.1) is 11.3 Å². The zero-order valence-corrected chi connectivity index (χ0v) is 12.6. The van der Waals surface area contributed by atoms with E-state index in [0.29, 0.717) is 18.9 Å². The number of carbonyl (C=O) groups excluding carboxylic acids is 1. The van der Waals surface area contributed by atoms with Gasteiger partial charge in [0.15, 0.2) is 0 Å². The van der Waals surface area contributed by atoms with Crippen molar-refractivity contribution >= 4 is 11.6 Å². The van der Waals surface area contributed by atoms with Crippen LogP contribution in [0.1, 0.15) is 37.7 Å². The van der Waals surface area contributed by atoms with E-state index in [2.05, 4.69) is 23.3 Å². The number of nitrogens with zero attached hydrogens (tertiary/aromatic N) is 2. The molecule has 1 aromatic carbocycles. The number of nitriles is 1. The summed E-state index contributed by atoms with van der Waals surface area (Å²) in [6.45, 7) is 1.15. The number of likely N-dealkylation sites (tertiary alicyclic amines) is 1. The Morgan fingerprint density at radius 2 is 2.14 bits per heavy atom. The Kier molecular flexibility index (Phi) is 5.77. The van der Waals surface area contributed by atoms with Gasteiger partial charge in [-0.15, -0.1) is 0 Å². The van der Waals surface area contributed by atoms with Crippen LogP contribution in [0.3, 0.4) is 0 Å². The molecule has 0 spiro atoms. The highest BCUT2D eigenvalue weighted by atomic mass is 16.1. The summed E-state index contributed by atoms with van der Waals surface area (Å²) in [4.78, 5) is 14.4. The average Bonchev–Trinajstić information content (AvgIpc) is 2.49. The Hall–Kier alpha value is -1.86. The standard InChI is InChI=1S/C17H23N3O/c1-20-13-3-2-4-16(20)9-10-17(21)19-15-7-5-14(6-8-15)11-12-18/h5-8,16H,2-4,9-11,13H2,1H3,(H,19,21)/t16-/m0/s1. The molecule has 0 aliphatic carbocycles. The molecule has 4 heteroatoms. The lowest BCUT2D eigenvalue weighted by atomic mass is 9.98. The van der Waals surface area contributed by atoms with Crippen molar-refractivity contribution in [1.82, 2.24) is 4.90 Å². The monoisotopic (exact) mass is 285 g/mol. The first-order valence-corrected chi connectivity index (χ1v) is 7.65. The molecule has 0 radical (unpaired) electrons. The van der Waals surface area contributed by atoms with Crippen molar-refractivity contribution in [3.05, 3.63) is 29.8 Å². The van der Waals surface area contributed by atoms with Crippen molar-refractivity contribution in [3.63, 3.8) is 0 Å². The molecule has 4 nitrogen and oxygen atoms in total. The number of hydrogen-bond donors (Lipinski definition) is 1. The molecule has 1 N–H and O–H groups in total. The molecule has 1 amide bonds. The number of benzene rings is 1.